The van der Waals surface area contributed by atoms with Gasteiger partial charge in [0, 0.05) is 14.1 Å². The van der Waals surface area contributed by atoms with E-state index in [1.807, 2.05) is 0 Å². The first-order valence-corrected chi connectivity index (χ1v) is 13.9. The smallest absolute Gasteiger partial charge is 0.417 e. The molecule has 2 rings (SSSR count). The minimum atomic E-state index is -4.83. The molecule has 0 bridgehead atoms. The van der Waals surface area contributed by atoms with Gasteiger partial charge in [0.05, 0.1) is 34.0 Å². The van der Waals surface area contributed by atoms with Crippen LogP contribution < -0.4 is 14.4 Å². The second-order valence-electron chi connectivity index (χ2n) is 7.80. The summed E-state index contributed by atoms with van der Waals surface area (Å²) in [6.07, 6.45) is -4.06. The lowest BCUT2D eigenvalue weighted by molar-refractivity contribution is -0.137. The molecule has 15 heteroatoms. The molecular weight excluding hydrogens is 547 g/mol. The van der Waals surface area contributed by atoms with E-state index in [1.54, 1.807) is 0 Å². The predicted molar refractivity (Wildman–Crippen MR) is 129 cm³/mol. The van der Waals surface area contributed by atoms with E-state index in [1.165, 1.54) is 45.3 Å². The van der Waals surface area contributed by atoms with Gasteiger partial charge in [-0.25, -0.2) is 21.1 Å². The van der Waals surface area contributed by atoms with E-state index in [0.29, 0.717) is 16.1 Å². The fraction of sp³-hybridized carbons (Fsp3) is 0.381. The topological polar surface area (TPSA) is 113 Å². The van der Waals surface area contributed by atoms with E-state index in [0.717, 1.165) is 22.7 Å². The van der Waals surface area contributed by atoms with Crippen molar-refractivity contribution in [3.05, 3.63) is 53.1 Å². The SMILES string of the molecule is CC(C(=O)NCCOc1ccc(S(=O)(=O)N(C)C)cc1)N(c1ccc(Cl)c(C(F)(F)F)c1)S(C)(=O)=O. The van der Waals surface area contributed by atoms with Gasteiger partial charge < -0.3 is 10.1 Å². The lowest BCUT2D eigenvalue weighted by atomic mass is 10.1. The molecule has 0 radical (unpaired) electrons. The lowest BCUT2D eigenvalue weighted by Gasteiger charge is -2.29. The second-order valence-corrected chi connectivity index (χ2v) is 12.2. The molecule has 0 aromatic heterocycles. The third kappa shape index (κ3) is 7.24. The highest BCUT2D eigenvalue weighted by Crippen LogP contribution is 2.37. The number of anilines is 1. The van der Waals surface area contributed by atoms with Gasteiger partial charge in [0.15, 0.2) is 0 Å². The highest BCUT2D eigenvalue weighted by molar-refractivity contribution is 7.92. The van der Waals surface area contributed by atoms with Crippen LogP contribution >= 0.6 is 11.6 Å². The predicted octanol–water partition coefficient (Wildman–Crippen LogP) is 2.96. The second kappa shape index (κ2) is 11.2. The molecule has 200 valence electrons. The number of ether oxygens (including phenoxy) is 1. The van der Waals surface area contributed by atoms with Gasteiger partial charge in [0.1, 0.15) is 18.4 Å². The number of nitrogens with zero attached hydrogens (tertiary/aromatic N) is 2. The zero-order valence-corrected chi connectivity index (χ0v) is 22.1. The number of carbonyl (C=O) groups is 1. The average molecular weight is 572 g/mol. The van der Waals surface area contributed by atoms with E-state index in [2.05, 4.69) is 5.32 Å². The number of alkyl halides is 3. The molecule has 2 aromatic rings. The summed E-state index contributed by atoms with van der Waals surface area (Å²) in [5.74, 6) is -0.450. The zero-order valence-electron chi connectivity index (χ0n) is 19.7. The Morgan fingerprint density at radius 3 is 2.17 bits per heavy atom. The van der Waals surface area contributed by atoms with Crippen LogP contribution in [0.5, 0.6) is 5.75 Å². The van der Waals surface area contributed by atoms with Crippen molar-refractivity contribution in [3.63, 3.8) is 0 Å². The molecule has 2 aromatic carbocycles. The van der Waals surface area contributed by atoms with Crippen LogP contribution in [0.25, 0.3) is 0 Å². The minimum Gasteiger partial charge on any atom is -0.492 e. The van der Waals surface area contributed by atoms with Crippen molar-refractivity contribution in [2.75, 3.05) is 37.8 Å². The van der Waals surface area contributed by atoms with Crippen molar-refractivity contribution >= 4 is 43.2 Å². The third-order valence-electron chi connectivity index (χ3n) is 4.87. The number of halogens is 4. The summed E-state index contributed by atoms with van der Waals surface area (Å²) >= 11 is 5.61. The zero-order chi connectivity index (χ0) is 27.5. The van der Waals surface area contributed by atoms with Crippen molar-refractivity contribution in [2.24, 2.45) is 0 Å². The Labute approximate surface area is 212 Å². The molecule has 0 fully saturated rings. The number of hydrogen-bond acceptors (Lipinski definition) is 6. The van der Waals surface area contributed by atoms with Crippen LogP contribution in [0, 0.1) is 0 Å². The van der Waals surface area contributed by atoms with Gasteiger partial charge in [-0.05, 0) is 49.4 Å². The maximum Gasteiger partial charge on any atom is 0.417 e. The number of sulfonamides is 2. The fourth-order valence-corrected chi connectivity index (χ4v) is 5.38. The van der Waals surface area contributed by atoms with Crippen molar-refractivity contribution in [1.29, 1.82) is 0 Å². The standard InChI is InChI=1S/C21H25ClF3N3O6S2/c1-14(28(35(4,30)31)15-5-10-19(22)18(13-15)21(23,24)25)20(29)26-11-12-34-16-6-8-17(9-7-16)36(32,33)27(2)3/h5-10,13-14H,11-12H2,1-4H3,(H,26,29). The van der Waals surface area contributed by atoms with E-state index < -0.39 is 48.8 Å². The number of amides is 1. The maximum absolute atomic E-state index is 13.2. The van der Waals surface area contributed by atoms with Crippen molar-refractivity contribution in [1.82, 2.24) is 9.62 Å². The molecule has 1 N–H and O–H groups in total. The van der Waals surface area contributed by atoms with Gasteiger partial charge in [-0.15, -0.1) is 0 Å². The molecule has 0 saturated heterocycles. The van der Waals surface area contributed by atoms with Gasteiger partial charge >= 0.3 is 6.18 Å². The molecule has 0 aliphatic carbocycles. The van der Waals surface area contributed by atoms with Crippen molar-refractivity contribution < 1.29 is 39.5 Å². The Kier molecular flexibility index (Phi) is 9.26. The van der Waals surface area contributed by atoms with Crippen LogP contribution in [0.3, 0.4) is 0 Å². The average Bonchev–Trinajstić information content (AvgIpc) is 2.76. The molecule has 1 unspecified atom stereocenters. The monoisotopic (exact) mass is 571 g/mol. The quantitative estimate of drug-likeness (QED) is 0.439. The summed E-state index contributed by atoms with van der Waals surface area (Å²) in [7, 11) is -4.96. The molecule has 0 aliphatic rings. The summed E-state index contributed by atoms with van der Waals surface area (Å²) < 4.78 is 95.6. The Bertz CT molecular complexity index is 1300. The minimum absolute atomic E-state index is 0.0454. The maximum atomic E-state index is 13.2. The van der Waals surface area contributed by atoms with Crippen LogP contribution in [-0.2, 0) is 31.0 Å². The molecule has 1 amide bonds. The molecule has 0 aliphatic heterocycles. The van der Waals surface area contributed by atoms with E-state index >= 15 is 0 Å². The molecule has 36 heavy (non-hydrogen) atoms. The van der Waals surface area contributed by atoms with Crippen LogP contribution in [0.4, 0.5) is 18.9 Å². The summed E-state index contributed by atoms with van der Waals surface area (Å²) in [5.41, 5.74) is -1.61. The Morgan fingerprint density at radius 1 is 1.08 bits per heavy atom. The van der Waals surface area contributed by atoms with Gasteiger partial charge in [0.25, 0.3) is 0 Å². The number of hydrogen-bond donors (Lipinski definition) is 1. The molecule has 0 saturated carbocycles. The molecular formula is C21H25ClF3N3O6S2. The van der Waals surface area contributed by atoms with Crippen LogP contribution in [0.2, 0.25) is 5.02 Å². The van der Waals surface area contributed by atoms with E-state index in [9.17, 15) is 34.8 Å². The molecule has 0 heterocycles. The van der Waals surface area contributed by atoms with E-state index in [-0.39, 0.29) is 23.7 Å². The first-order valence-electron chi connectivity index (χ1n) is 10.3. The van der Waals surface area contributed by atoms with Crippen LogP contribution in [0.15, 0.2) is 47.4 Å². The van der Waals surface area contributed by atoms with Crippen LogP contribution in [-0.4, -0.2) is 66.6 Å². The number of rotatable bonds is 10. The number of carbonyl (C=O) groups excluding carboxylic acids is 1. The van der Waals surface area contributed by atoms with Gasteiger partial charge in [-0.3, -0.25) is 9.10 Å². The molecule has 1 atom stereocenters. The summed E-state index contributed by atoms with van der Waals surface area (Å²) in [6.45, 7) is 1.12. The van der Waals surface area contributed by atoms with E-state index in [4.69, 9.17) is 16.3 Å². The molecule has 9 nitrogen and oxygen atoms in total. The summed E-state index contributed by atoms with van der Waals surface area (Å²) in [4.78, 5) is 12.7. The number of benzene rings is 2. The first-order chi connectivity index (χ1) is 16.5. The Balaban J connectivity index is 2.06. The third-order valence-corrected chi connectivity index (χ3v) is 8.27. The normalized spacial score (nSPS) is 13.4. The Hall–Kier alpha value is -2.55. The highest BCUT2D eigenvalue weighted by atomic mass is 35.5. The van der Waals surface area contributed by atoms with Crippen molar-refractivity contribution in [3.8, 4) is 5.75 Å². The summed E-state index contributed by atoms with van der Waals surface area (Å²) in [6, 6.07) is 6.74. The lowest BCUT2D eigenvalue weighted by Crippen LogP contribution is -2.48. The first kappa shape index (κ1) is 29.7. The van der Waals surface area contributed by atoms with Gasteiger partial charge in [-0.2, -0.15) is 13.2 Å². The van der Waals surface area contributed by atoms with Gasteiger partial charge in [0.2, 0.25) is 26.0 Å². The van der Waals surface area contributed by atoms with Crippen LogP contribution in [0.1, 0.15) is 12.5 Å². The fourth-order valence-electron chi connectivity index (χ4n) is 3.09. The molecule has 0 spiro atoms. The number of nitrogens with one attached hydrogen (secondary N) is 1. The van der Waals surface area contributed by atoms with Gasteiger partial charge in [-0.1, -0.05) is 11.6 Å². The largest absolute Gasteiger partial charge is 0.492 e. The summed E-state index contributed by atoms with van der Waals surface area (Å²) in [5, 5.41) is 1.85. The van der Waals surface area contributed by atoms with Crippen molar-refractivity contribution in [2.45, 2.75) is 24.0 Å². The highest BCUT2D eigenvalue weighted by Gasteiger charge is 2.36. The Morgan fingerprint density at radius 2 is 1.67 bits per heavy atom.